The molecule has 0 unspecified atom stereocenters. The average molecular weight is 424 g/mol. The van der Waals surface area contributed by atoms with Gasteiger partial charge in [0.1, 0.15) is 11.5 Å². The lowest BCUT2D eigenvalue weighted by atomic mass is 10.0. The Balaban J connectivity index is 1.67. The lowest BCUT2D eigenvalue weighted by Crippen LogP contribution is -2.14. The van der Waals surface area contributed by atoms with E-state index < -0.39 is 0 Å². The summed E-state index contributed by atoms with van der Waals surface area (Å²) in [4.78, 5) is 25.1. The van der Waals surface area contributed by atoms with Crippen molar-refractivity contribution in [1.82, 2.24) is 0 Å². The normalized spacial score (nSPS) is 10.4. The van der Waals surface area contributed by atoms with Gasteiger partial charge in [0.25, 0.3) is 0 Å². The summed E-state index contributed by atoms with van der Waals surface area (Å²) < 4.78 is 11.1. The first-order valence-electron chi connectivity index (χ1n) is 9.46. The highest BCUT2D eigenvalue weighted by Crippen LogP contribution is 2.32. The van der Waals surface area contributed by atoms with Gasteiger partial charge < -0.3 is 14.8 Å². The number of nitrogens with one attached hydrogen (secondary N) is 1. The van der Waals surface area contributed by atoms with Gasteiger partial charge >= 0.3 is 0 Å². The molecule has 0 saturated carbocycles. The molecule has 3 rings (SSSR count). The second kappa shape index (κ2) is 9.94. The number of hydrogen-bond donors (Lipinski definition) is 1. The molecule has 0 spiro atoms. The van der Waals surface area contributed by atoms with Gasteiger partial charge in [-0.2, -0.15) is 0 Å². The van der Waals surface area contributed by atoms with E-state index in [0.29, 0.717) is 33.5 Å². The van der Waals surface area contributed by atoms with Crippen molar-refractivity contribution in [2.24, 2.45) is 0 Å². The molecule has 0 heterocycles. The number of carbonyl (C=O) groups excluding carboxylic acids is 2. The van der Waals surface area contributed by atoms with E-state index in [-0.39, 0.29) is 24.5 Å². The van der Waals surface area contributed by atoms with E-state index >= 15 is 0 Å². The number of carbonyl (C=O) groups is 2. The first-order valence-corrected chi connectivity index (χ1v) is 9.84. The number of ether oxygens (including phenoxy) is 2. The molecule has 30 heavy (non-hydrogen) atoms. The van der Waals surface area contributed by atoms with Crippen molar-refractivity contribution in [2.45, 2.75) is 19.8 Å². The number of benzene rings is 3. The Morgan fingerprint density at radius 3 is 2.40 bits per heavy atom. The summed E-state index contributed by atoms with van der Waals surface area (Å²) in [6.45, 7) is 1.90. The summed E-state index contributed by atoms with van der Waals surface area (Å²) in [6, 6.07) is 19.6. The molecule has 0 aliphatic heterocycles. The smallest absolute Gasteiger partial charge is 0.224 e. The molecule has 154 valence electrons. The molecule has 0 aliphatic carbocycles. The molecule has 3 aromatic rings. The maximum atomic E-state index is 12.6. The van der Waals surface area contributed by atoms with Gasteiger partial charge in [0, 0.05) is 17.9 Å². The van der Waals surface area contributed by atoms with Gasteiger partial charge in [0.15, 0.2) is 11.5 Å². The molecule has 0 radical (unpaired) electrons. The number of ketones is 1. The third kappa shape index (κ3) is 5.61. The largest absolute Gasteiger partial charge is 0.496 e. The molecular weight excluding hydrogens is 402 g/mol. The van der Waals surface area contributed by atoms with Gasteiger partial charge in [0.2, 0.25) is 5.91 Å². The number of aryl methyl sites for hydroxylation is 1. The lowest BCUT2D eigenvalue weighted by Gasteiger charge is -2.13. The minimum absolute atomic E-state index is 0.0211. The minimum Gasteiger partial charge on any atom is -0.496 e. The summed E-state index contributed by atoms with van der Waals surface area (Å²) in [5.41, 5.74) is 1.86. The van der Waals surface area contributed by atoms with E-state index in [1.54, 1.807) is 30.3 Å². The Labute approximate surface area is 180 Å². The van der Waals surface area contributed by atoms with Crippen molar-refractivity contribution in [1.29, 1.82) is 0 Å². The molecule has 6 heteroatoms. The molecule has 5 nitrogen and oxygen atoms in total. The first-order chi connectivity index (χ1) is 14.5. The third-order valence-corrected chi connectivity index (χ3v) is 4.66. The van der Waals surface area contributed by atoms with Crippen LogP contribution in [0.5, 0.6) is 17.2 Å². The maximum Gasteiger partial charge on any atom is 0.224 e. The molecule has 0 fully saturated rings. The van der Waals surface area contributed by atoms with Crippen molar-refractivity contribution < 1.29 is 19.1 Å². The van der Waals surface area contributed by atoms with Crippen molar-refractivity contribution in [3.05, 3.63) is 82.9 Å². The highest BCUT2D eigenvalue weighted by atomic mass is 35.5. The number of rotatable bonds is 8. The van der Waals surface area contributed by atoms with Crippen molar-refractivity contribution in [3.63, 3.8) is 0 Å². The van der Waals surface area contributed by atoms with Crippen LogP contribution in [0.2, 0.25) is 5.02 Å². The summed E-state index contributed by atoms with van der Waals surface area (Å²) in [6.07, 6.45) is 0.0777. The van der Waals surface area contributed by atoms with E-state index in [1.165, 1.54) is 7.11 Å². The van der Waals surface area contributed by atoms with Gasteiger partial charge in [-0.25, -0.2) is 0 Å². The van der Waals surface area contributed by atoms with Gasteiger partial charge in [-0.15, -0.1) is 0 Å². The number of hydrogen-bond acceptors (Lipinski definition) is 4. The SMILES string of the molecule is COc1ccc(C)cc1C(=O)CCC(=O)Nc1cc(Cl)ccc1Oc1ccccc1. The molecule has 0 aliphatic rings. The second-order valence-corrected chi connectivity index (χ2v) is 7.17. The zero-order valence-corrected chi connectivity index (χ0v) is 17.5. The third-order valence-electron chi connectivity index (χ3n) is 4.42. The predicted molar refractivity (Wildman–Crippen MR) is 118 cm³/mol. The number of Topliss-reactive ketones (excluding diaryl/α,β-unsaturated/α-hetero) is 1. The van der Waals surface area contributed by atoms with Gasteiger partial charge in [-0.3, -0.25) is 9.59 Å². The van der Waals surface area contributed by atoms with Gasteiger partial charge in [0.05, 0.1) is 18.4 Å². The summed E-state index contributed by atoms with van der Waals surface area (Å²) in [7, 11) is 1.52. The Kier molecular flexibility index (Phi) is 7.09. The van der Waals surface area contributed by atoms with Gasteiger partial charge in [-0.1, -0.05) is 41.4 Å². The van der Waals surface area contributed by atoms with Gasteiger partial charge in [-0.05, 0) is 49.4 Å². The standard InChI is InChI=1S/C24H22ClNO4/c1-16-8-11-22(29-2)19(14-16)21(27)10-13-24(28)26-20-15-17(25)9-12-23(20)30-18-6-4-3-5-7-18/h3-9,11-12,14-15H,10,13H2,1-2H3,(H,26,28). The minimum atomic E-state index is -0.310. The Bertz CT molecular complexity index is 1050. The highest BCUT2D eigenvalue weighted by molar-refractivity contribution is 6.31. The fourth-order valence-corrected chi connectivity index (χ4v) is 3.09. The predicted octanol–water partition coefficient (Wildman–Crippen LogP) is 6.05. The molecule has 3 aromatic carbocycles. The van der Waals surface area contributed by atoms with Crippen LogP contribution in [-0.4, -0.2) is 18.8 Å². The topological polar surface area (TPSA) is 64.6 Å². The van der Waals surface area contributed by atoms with Crippen molar-refractivity contribution in [2.75, 3.05) is 12.4 Å². The monoisotopic (exact) mass is 423 g/mol. The lowest BCUT2D eigenvalue weighted by molar-refractivity contribution is -0.116. The van der Waals surface area contributed by atoms with E-state index in [0.717, 1.165) is 5.56 Å². The van der Waals surface area contributed by atoms with Crippen LogP contribution in [0.15, 0.2) is 66.7 Å². The van der Waals surface area contributed by atoms with Crippen LogP contribution < -0.4 is 14.8 Å². The first kappa shape index (κ1) is 21.4. The van der Waals surface area contributed by atoms with E-state index in [1.807, 2.05) is 43.3 Å². The Hall–Kier alpha value is -3.31. The molecular formula is C24H22ClNO4. The fourth-order valence-electron chi connectivity index (χ4n) is 2.92. The Morgan fingerprint density at radius 2 is 1.67 bits per heavy atom. The van der Waals surface area contributed by atoms with Crippen LogP contribution >= 0.6 is 11.6 Å². The number of para-hydroxylation sites is 1. The fraction of sp³-hybridized carbons (Fsp3) is 0.167. The van der Waals surface area contributed by atoms with Crippen LogP contribution in [0.3, 0.4) is 0 Å². The molecule has 1 N–H and O–H groups in total. The zero-order valence-electron chi connectivity index (χ0n) is 16.8. The molecule has 0 saturated heterocycles. The average Bonchev–Trinajstić information content (AvgIpc) is 2.74. The van der Waals surface area contributed by atoms with Crippen LogP contribution in [0, 0.1) is 6.92 Å². The Morgan fingerprint density at radius 1 is 0.933 bits per heavy atom. The number of anilines is 1. The summed E-state index contributed by atoms with van der Waals surface area (Å²) >= 11 is 6.08. The maximum absolute atomic E-state index is 12.6. The zero-order chi connectivity index (χ0) is 21.5. The van der Waals surface area contributed by atoms with Crippen LogP contribution in [0.1, 0.15) is 28.8 Å². The molecule has 0 bridgehead atoms. The number of halogens is 1. The highest BCUT2D eigenvalue weighted by Gasteiger charge is 2.16. The molecule has 0 aromatic heterocycles. The number of amides is 1. The van der Waals surface area contributed by atoms with E-state index in [2.05, 4.69) is 5.32 Å². The van der Waals surface area contributed by atoms with E-state index in [9.17, 15) is 9.59 Å². The number of methoxy groups -OCH3 is 1. The van der Waals surface area contributed by atoms with Crippen LogP contribution in [0.4, 0.5) is 5.69 Å². The van der Waals surface area contributed by atoms with Crippen LogP contribution in [-0.2, 0) is 4.79 Å². The second-order valence-electron chi connectivity index (χ2n) is 6.73. The quantitative estimate of drug-likeness (QED) is 0.448. The summed E-state index contributed by atoms with van der Waals surface area (Å²) in [5.74, 6) is 1.13. The van der Waals surface area contributed by atoms with Crippen molar-refractivity contribution >= 4 is 29.0 Å². The summed E-state index contributed by atoms with van der Waals surface area (Å²) in [5, 5.41) is 3.25. The van der Waals surface area contributed by atoms with E-state index in [4.69, 9.17) is 21.1 Å². The molecule has 1 amide bonds. The van der Waals surface area contributed by atoms with Crippen molar-refractivity contribution in [3.8, 4) is 17.2 Å². The molecule has 0 atom stereocenters. The van der Waals surface area contributed by atoms with Crippen LogP contribution in [0.25, 0.3) is 0 Å².